The van der Waals surface area contributed by atoms with Crippen molar-refractivity contribution in [3.8, 4) is 5.88 Å². The third-order valence-corrected chi connectivity index (χ3v) is 3.12. The summed E-state index contributed by atoms with van der Waals surface area (Å²) in [5.74, 6) is -0.238. The number of anilines is 2. The number of pyridine rings is 1. The van der Waals surface area contributed by atoms with Crippen LogP contribution in [0.5, 0.6) is 5.88 Å². The second-order valence-corrected chi connectivity index (χ2v) is 4.66. The number of carbonyl (C=O) groups excluding carboxylic acids is 1. The number of rotatable bonds is 4. The molecule has 2 N–H and O–H groups in total. The predicted molar refractivity (Wildman–Crippen MR) is 83.4 cm³/mol. The molecule has 0 bridgehead atoms. The summed E-state index contributed by atoms with van der Waals surface area (Å²) < 4.78 is 23.4. The number of carbonyl (C=O) groups is 1. The van der Waals surface area contributed by atoms with E-state index in [9.17, 15) is 9.18 Å². The zero-order chi connectivity index (χ0) is 16.2. The van der Waals surface area contributed by atoms with Crippen LogP contribution in [0.1, 0.15) is 6.92 Å². The first kappa shape index (κ1) is 14.8. The number of benzene rings is 1. The highest BCUT2D eigenvalue weighted by Crippen LogP contribution is 2.36. The monoisotopic (exact) mass is 315 g/mol. The van der Waals surface area contributed by atoms with Crippen LogP contribution in [0.3, 0.4) is 0 Å². The van der Waals surface area contributed by atoms with E-state index in [4.69, 9.17) is 9.47 Å². The molecule has 0 aliphatic heterocycles. The fraction of sp³-hybridized carbons (Fsp3) is 0.125. The number of hydrogen-bond acceptors (Lipinski definition) is 5. The molecule has 1 aromatic carbocycles. The number of H-pyrrole nitrogens is 1. The quantitative estimate of drug-likeness (QED) is 0.712. The van der Waals surface area contributed by atoms with Gasteiger partial charge in [-0.25, -0.2) is 9.18 Å². The summed E-state index contributed by atoms with van der Waals surface area (Å²) in [6, 6.07) is 7.78. The van der Waals surface area contributed by atoms with Gasteiger partial charge in [-0.15, -0.1) is 0 Å². The van der Waals surface area contributed by atoms with Crippen molar-refractivity contribution in [2.24, 2.45) is 0 Å². The molecular weight excluding hydrogens is 301 g/mol. The molecule has 2 aromatic heterocycles. The molecule has 7 heteroatoms. The summed E-state index contributed by atoms with van der Waals surface area (Å²) >= 11 is 0. The Morgan fingerprint density at radius 1 is 1.30 bits per heavy atom. The van der Waals surface area contributed by atoms with Crippen LogP contribution in [-0.2, 0) is 4.74 Å². The van der Waals surface area contributed by atoms with Gasteiger partial charge in [-0.2, -0.15) is 0 Å². The van der Waals surface area contributed by atoms with Crippen LogP contribution >= 0.6 is 0 Å². The number of nitrogens with zero attached hydrogens (tertiary/aromatic N) is 1. The zero-order valence-electron chi connectivity index (χ0n) is 12.3. The van der Waals surface area contributed by atoms with Crippen LogP contribution in [-0.4, -0.2) is 22.7 Å². The third-order valence-electron chi connectivity index (χ3n) is 3.12. The molecular formula is C16H14FN3O3. The first-order chi connectivity index (χ1) is 11.2. The third kappa shape index (κ3) is 3.23. The molecule has 0 amide bonds. The largest absolute Gasteiger partial charge is 0.515 e. The topological polar surface area (TPSA) is 76.2 Å². The van der Waals surface area contributed by atoms with E-state index in [2.05, 4.69) is 15.3 Å². The van der Waals surface area contributed by atoms with E-state index in [0.717, 1.165) is 5.69 Å². The lowest BCUT2D eigenvalue weighted by Gasteiger charge is -2.08. The highest BCUT2D eigenvalue weighted by Gasteiger charge is 2.17. The van der Waals surface area contributed by atoms with Gasteiger partial charge in [-0.3, -0.25) is 4.98 Å². The molecule has 23 heavy (non-hydrogen) atoms. The smallest absolute Gasteiger partial charge is 0.434 e. The van der Waals surface area contributed by atoms with Gasteiger partial charge in [0.2, 0.25) is 5.88 Å². The fourth-order valence-electron chi connectivity index (χ4n) is 2.16. The van der Waals surface area contributed by atoms with Gasteiger partial charge in [-0.1, -0.05) is 0 Å². The van der Waals surface area contributed by atoms with Crippen molar-refractivity contribution in [3.05, 3.63) is 48.5 Å². The van der Waals surface area contributed by atoms with Crippen LogP contribution in [0, 0.1) is 5.82 Å². The lowest BCUT2D eigenvalue weighted by Crippen LogP contribution is -2.11. The predicted octanol–water partition coefficient (Wildman–Crippen LogP) is 3.98. The van der Waals surface area contributed by atoms with E-state index in [-0.39, 0.29) is 12.5 Å². The molecule has 0 aliphatic carbocycles. The summed E-state index contributed by atoms with van der Waals surface area (Å²) in [6.45, 7) is 1.87. The molecule has 3 aromatic rings. The number of fused-ring (bicyclic) bond motifs is 1. The SMILES string of the molecule is CCOC(=O)Oc1[nH]c2cc(F)ccc2c1Nc1ccncc1. The van der Waals surface area contributed by atoms with Gasteiger partial charge < -0.3 is 19.8 Å². The minimum absolute atomic E-state index is 0.154. The minimum atomic E-state index is -0.836. The Morgan fingerprint density at radius 3 is 2.83 bits per heavy atom. The van der Waals surface area contributed by atoms with Crippen LogP contribution in [0.15, 0.2) is 42.7 Å². The van der Waals surface area contributed by atoms with Gasteiger partial charge in [0, 0.05) is 23.5 Å². The molecule has 0 fully saturated rings. The van der Waals surface area contributed by atoms with E-state index in [1.54, 1.807) is 37.5 Å². The minimum Gasteiger partial charge on any atom is -0.434 e. The van der Waals surface area contributed by atoms with E-state index in [0.29, 0.717) is 16.6 Å². The van der Waals surface area contributed by atoms with E-state index >= 15 is 0 Å². The Bertz CT molecular complexity index is 833. The average molecular weight is 315 g/mol. The van der Waals surface area contributed by atoms with Crippen molar-refractivity contribution < 1.29 is 18.7 Å². The van der Waals surface area contributed by atoms with Crippen molar-refractivity contribution >= 4 is 28.4 Å². The second-order valence-electron chi connectivity index (χ2n) is 4.66. The Kier molecular flexibility index (Phi) is 4.09. The summed E-state index contributed by atoms with van der Waals surface area (Å²) in [5.41, 5.74) is 1.76. The van der Waals surface area contributed by atoms with Crippen molar-refractivity contribution in [3.63, 3.8) is 0 Å². The van der Waals surface area contributed by atoms with E-state index < -0.39 is 12.0 Å². The van der Waals surface area contributed by atoms with Crippen molar-refractivity contribution in [2.75, 3.05) is 11.9 Å². The molecule has 0 aliphatic rings. The van der Waals surface area contributed by atoms with Gasteiger partial charge >= 0.3 is 6.16 Å². The molecule has 0 radical (unpaired) electrons. The lowest BCUT2D eigenvalue weighted by molar-refractivity contribution is 0.103. The molecule has 0 saturated carbocycles. The first-order valence-corrected chi connectivity index (χ1v) is 7.00. The maximum Gasteiger partial charge on any atom is 0.515 e. The van der Waals surface area contributed by atoms with Crippen molar-refractivity contribution in [1.82, 2.24) is 9.97 Å². The van der Waals surface area contributed by atoms with Crippen LogP contribution in [0.2, 0.25) is 0 Å². The van der Waals surface area contributed by atoms with Crippen LogP contribution < -0.4 is 10.1 Å². The van der Waals surface area contributed by atoms with E-state index in [1.165, 1.54) is 12.1 Å². The van der Waals surface area contributed by atoms with Crippen molar-refractivity contribution in [1.29, 1.82) is 0 Å². The second kappa shape index (κ2) is 6.35. The van der Waals surface area contributed by atoms with Gasteiger partial charge in [0.1, 0.15) is 11.5 Å². The molecule has 0 atom stereocenters. The summed E-state index contributed by atoms with van der Waals surface area (Å²) in [5, 5.41) is 3.82. The Labute approximate surface area is 131 Å². The average Bonchev–Trinajstić information content (AvgIpc) is 2.85. The zero-order valence-corrected chi connectivity index (χ0v) is 12.3. The van der Waals surface area contributed by atoms with E-state index in [1.807, 2.05) is 0 Å². The molecule has 0 spiro atoms. The first-order valence-electron chi connectivity index (χ1n) is 7.00. The number of hydrogen-bond donors (Lipinski definition) is 2. The number of halogens is 1. The van der Waals surface area contributed by atoms with Crippen molar-refractivity contribution in [2.45, 2.75) is 6.92 Å². The molecule has 6 nitrogen and oxygen atoms in total. The van der Waals surface area contributed by atoms with Crippen LogP contribution in [0.4, 0.5) is 20.6 Å². The van der Waals surface area contributed by atoms with Gasteiger partial charge in [0.25, 0.3) is 0 Å². The summed E-state index contributed by atoms with van der Waals surface area (Å²) in [6.07, 6.45) is 2.42. The maximum atomic E-state index is 13.4. The summed E-state index contributed by atoms with van der Waals surface area (Å²) in [4.78, 5) is 18.4. The highest BCUT2D eigenvalue weighted by molar-refractivity contribution is 5.98. The van der Waals surface area contributed by atoms with Gasteiger partial charge in [0.05, 0.1) is 12.1 Å². The molecule has 3 rings (SSSR count). The Morgan fingerprint density at radius 2 is 2.09 bits per heavy atom. The number of ether oxygens (including phenoxy) is 2. The Balaban J connectivity index is 2.02. The standard InChI is InChI=1S/C16H14FN3O3/c1-2-22-16(21)23-15-14(19-11-5-7-18-8-6-11)12-4-3-10(17)9-13(12)20-15/h3-9,20H,2H2,1H3,(H,18,19). The molecule has 2 heterocycles. The lowest BCUT2D eigenvalue weighted by atomic mass is 10.2. The molecule has 118 valence electrons. The fourth-order valence-corrected chi connectivity index (χ4v) is 2.16. The number of aromatic nitrogens is 2. The van der Waals surface area contributed by atoms with Gasteiger partial charge in [0.15, 0.2) is 0 Å². The van der Waals surface area contributed by atoms with Gasteiger partial charge in [-0.05, 0) is 37.3 Å². The normalized spacial score (nSPS) is 10.5. The molecule has 0 unspecified atom stereocenters. The highest BCUT2D eigenvalue weighted by atomic mass is 19.1. The van der Waals surface area contributed by atoms with Crippen LogP contribution in [0.25, 0.3) is 10.9 Å². The maximum absolute atomic E-state index is 13.4. The molecule has 0 saturated heterocycles. The number of aromatic amines is 1. The number of nitrogens with one attached hydrogen (secondary N) is 2. The Hall–Kier alpha value is -3.09. The summed E-state index contributed by atoms with van der Waals surface area (Å²) in [7, 11) is 0.